The Hall–Kier alpha value is -3.11. The lowest BCUT2D eigenvalue weighted by Crippen LogP contribution is -2.58. The number of ether oxygens (including phenoxy) is 2. The number of benzene rings is 2. The molecule has 0 amide bonds. The van der Waals surface area contributed by atoms with E-state index in [9.17, 15) is 30.3 Å². The predicted molar refractivity (Wildman–Crippen MR) is 104 cm³/mol. The predicted octanol–water partition coefficient (Wildman–Crippen LogP) is 1.08. The first-order valence-corrected chi connectivity index (χ1v) is 9.22. The number of aromatic hydroxyl groups is 2. The molecule has 1 fully saturated rings. The Kier molecular flexibility index (Phi) is 5.12. The van der Waals surface area contributed by atoms with Gasteiger partial charge in [0.15, 0.2) is 16.9 Å². The summed E-state index contributed by atoms with van der Waals surface area (Å²) in [7, 11) is 0. The van der Waals surface area contributed by atoms with E-state index in [-0.39, 0.29) is 16.7 Å². The van der Waals surface area contributed by atoms with Crippen LogP contribution in [0.2, 0.25) is 0 Å². The fourth-order valence-electron chi connectivity index (χ4n) is 3.36. The van der Waals surface area contributed by atoms with Crippen molar-refractivity contribution in [3.8, 4) is 28.6 Å². The molecule has 30 heavy (non-hydrogen) atoms. The first kappa shape index (κ1) is 20.2. The van der Waals surface area contributed by atoms with Gasteiger partial charge in [-0.15, -0.1) is 0 Å². The van der Waals surface area contributed by atoms with Gasteiger partial charge in [-0.1, -0.05) is 30.3 Å². The van der Waals surface area contributed by atoms with E-state index >= 15 is 0 Å². The molecule has 9 nitrogen and oxygen atoms in total. The average molecular weight is 416 g/mol. The van der Waals surface area contributed by atoms with Crippen molar-refractivity contribution < 1.29 is 39.4 Å². The van der Waals surface area contributed by atoms with Crippen LogP contribution in [-0.2, 0) is 4.74 Å². The molecule has 0 aliphatic carbocycles. The van der Waals surface area contributed by atoms with Crippen molar-refractivity contribution in [2.75, 3.05) is 0 Å². The van der Waals surface area contributed by atoms with Gasteiger partial charge < -0.3 is 39.4 Å². The Balaban J connectivity index is 1.76. The molecule has 0 spiro atoms. The van der Waals surface area contributed by atoms with E-state index in [0.717, 1.165) is 6.07 Å². The molecular weight excluding hydrogens is 396 g/mol. The molecule has 9 heteroatoms. The van der Waals surface area contributed by atoms with Crippen LogP contribution in [0.15, 0.2) is 51.7 Å². The molecule has 0 saturated carbocycles. The summed E-state index contributed by atoms with van der Waals surface area (Å²) in [5.74, 6) is -1.56. The molecule has 2 aromatic carbocycles. The van der Waals surface area contributed by atoms with Crippen LogP contribution in [0.3, 0.4) is 0 Å². The molecular formula is C21H20O9. The first-order chi connectivity index (χ1) is 14.3. The second kappa shape index (κ2) is 7.62. The second-order valence-corrected chi connectivity index (χ2v) is 7.09. The number of hydrogen-bond acceptors (Lipinski definition) is 9. The fourth-order valence-corrected chi connectivity index (χ4v) is 3.36. The number of hydrogen-bond donors (Lipinski definition) is 5. The van der Waals surface area contributed by atoms with Gasteiger partial charge in [-0.3, -0.25) is 4.79 Å². The molecule has 2 heterocycles. The zero-order chi connectivity index (χ0) is 21.6. The van der Waals surface area contributed by atoms with Crippen molar-refractivity contribution in [2.24, 2.45) is 0 Å². The molecule has 5 atom stereocenters. The zero-order valence-corrected chi connectivity index (χ0v) is 15.8. The Bertz CT molecular complexity index is 1120. The van der Waals surface area contributed by atoms with Gasteiger partial charge in [-0.2, -0.15) is 0 Å². The molecule has 3 aromatic rings. The van der Waals surface area contributed by atoms with Crippen molar-refractivity contribution in [3.63, 3.8) is 0 Å². The number of fused-ring (bicyclic) bond motifs is 1. The van der Waals surface area contributed by atoms with E-state index in [1.54, 1.807) is 24.3 Å². The topological polar surface area (TPSA) is 150 Å². The highest BCUT2D eigenvalue weighted by molar-refractivity contribution is 5.89. The molecule has 5 N–H and O–H groups in total. The number of aliphatic hydroxyl groups excluding tert-OH is 3. The van der Waals surface area contributed by atoms with Gasteiger partial charge in [0.25, 0.3) is 0 Å². The summed E-state index contributed by atoms with van der Waals surface area (Å²) in [5, 5.41) is 50.5. The van der Waals surface area contributed by atoms with Crippen molar-refractivity contribution in [2.45, 2.75) is 37.6 Å². The third kappa shape index (κ3) is 3.37. The van der Waals surface area contributed by atoms with Gasteiger partial charge in [-0.05, 0) is 6.92 Å². The van der Waals surface area contributed by atoms with Crippen LogP contribution in [0.1, 0.15) is 6.92 Å². The summed E-state index contributed by atoms with van der Waals surface area (Å²) >= 11 is 0. The van der Waals surface area contributed by atoms with E-state index < -0.39 is 53.4 Å². The van der Waals surface area contributed by atoms with Crippen LogP contribution in [0.25, 0.3) is 22.3 Å². The summed E-state index contributed by atoms with van der Waals surface area (Å²) in [6, 6.07) is 11.1. The molecule has 158 valence electrons. The van der Waals surface area contributed by atoms with E-state index in [4.69, 9.17) is 13.9 Å². The number of rotatable bonds is 3. The maximum Gasteiger partial charge on any atom is 0.229 e. The van der Waals surface area contributed by atoms with Crippen molar-refractivity contribution in [3.05, 3.63) is 52.7 Å². The Labute approximate surface area is 170 Å². The summed E-state index contributed by atoms with van der Waals surface area (Å²) in [5.41, 5.74) is -0.0138. The van der Waals surface area contributed by atoms with Crippen molar-refractivity contribution in [1.29, 1.82) is 0 Å². The highest BCUT2D eigenvalue weighted by Gasteiger charge is 2.43. The van der Waals surface area contributed by atoms with Crippen LogP contribution in [0.5, 0.6) is 17.2 Å². The summed E-state index contributed by atoms with van der Waals surface area (Å²) in [6.45, 7) is 1.45. The van der Waals surface area contributed by atoms with E-state index in [2.05, 4.69) is 0 Å². The maximum atomic E-state index is 12.6. The lowest BCUT2D eigenvalue weighted by atomic mass is 10.00. The van der Waals surface area contributed by atoms with Crippen LogP contribution < -0.4 is 10.2 Å². The summed E-state index contributed by atoms with van der Waals surface area (Å²) in [6.07, 6.45) is -6.98. The molecule has 0 bridgehead atoms. The molecule has 1 saturated heterocycles. The molecule has 0 radical (unpaired) electrons. The van der Waals surface area contributed by atoms with Gasteiger partial charge in [0.05, 0.1) is 6.10 Å². The number of phenolic OH excluding ortho intramolecular Hbond substituents is 2. The van der Waals surface area contributed by atoms with Crippen molar-refractivity contribution >= 4 is 11.0 Å². The minimum Gasteiger partial charge on any atom is -0.504 e. The molecule has 1 aliphatic heterocycles. The Morgan fingerprint density at radius 2 is 1.67 bits per heavy atom. The largest absolute Gasteiger partial charge is 0.504 e. The normalized spacial score (nSPS) is 26.6. The van der Waals surface area contributed by atoms with Crippen LogP contribution in [0.4, 0.5) is 0 Å². The lowest BCUT2D eigenvalue weighted by molar-refractivity contribution is -0.268. The Morgan fingerprint density at radius 1 is 0.967 bits per heavy atom. The summed E-state index contributed by atoms with van der Waals surface area (Å²) < 4.78 is 16.4. The monoisotopic (exact) mass is 416 g/mol. The van der Waals surface area contributed by atoms with Crippen LogP contribution in [-0.4, -0.2) is 56.2 Å². The minimum absolute atomic E-state index is 0.0716. The summed E-state index contributed by atoms with van der Waals surface area (Å²) in [4.78, 5) is 12.6. The number of aliphatic hydroxyl groups is 3. The number of phenols is 2. The molecule has 4 rings (SSSR count). The zero-order valence-electron chi connectivity index (χ0n) is 15.8. The lowest BCUT2D eigenvalue weighted by Gasteiger charge is -2.38. The van der Waals surface area contributed by atoms with Crippen LogP contribution in [0, 0.1) is 0 Å². The van der Waals surface area contributed by atoms with Gasteiger partial charge in [-0.25, -0.2) is 0 Å². The highest BCUT2D eigenvalue weighted by Crippen LogP contribution is 2.43. The van der Waals surface area contributed by atoms with Gasteiger partial charge in [0.1, 0.15) is 35.0 Å². The fraction of sp³-hybridized carbons (Fsp3) is 0.286. The highest BCUT2D eigenvalue weighted by atomic mass is 16.7. The smallest absolute Gasteiger partial charge is 0.229 e. The van der Waals surface area contributed by atoms with E-state index in [1.165, 1.54) is 13.0 Å². The third-order valence-electron chi connectivity index (χ3n) is 5.03. The minimum atomic E-state index is -1.66. The van der Waals surface area contributed by atoms with E-state index in [0.29, 0.717) is 5.56 Å². The van der Waals surface area contributed by atoms with Crippen LogP contribution >= 0.6 is 0 Å². The standard InChI is InChI=1S/C21H20O9/c1-9-16(24)18(26)19(27)21(28-9)30-20-12(23)8-14-15(17(20)25)11(22)7-13(29-14)10-5-3-2-4-6-10/h2-9,16,18-19,21,23-27H,1H3/t9-,16-,18+,19-,21+/m1/s1. The SMILES string of the molecule is C[C@H]1O[C@@H](Oc2c(O)cc3oc(-c4ccccc4)cc(=O)c3c2O)[C@H](O)[C@@H](O)[C@@H]1O. The average Bonchev–Trinajstić information content (AvgIpc) is 2.73. The Morgan fingerprint density at radius 3 is 2.37 bits per heavy atom. The van der Waals surface area contributed by atoms with E-state index in [1.807, 2.05) is 6.07 Å². The van der Waals surface area contributed by atoms with Gasteiger partial charge in [0.2, 0.25) is 12.0 Å². The molecule has 1 aromatic heterocycles. The second-order valence-electron chi connectivity index (χ2n) is 7.09. The van der Waals surface area contributed by atoms with Crippen molar-refractivity contribution in [1.82, 2.24) is 0 Å². The van der Waals surface area contributed by atoms with Gasteiger partial charge >= 0.3 is 0 Å². The van der Waals surface area contributed by atoms with Gasteiger partial charge in [0, 0.05) is 17.7 Å². The third-order valence-corrected chi connectivity index (χ3v) is 5.03. The maximum absolute atomic E-state index is 12.6. The first-order valence-electron chi connectivity index (χ1n) is 9.22. The molecule has 0 unspecified atom stereocenters. The quantitative estimate of drug-likeness (QED) is 0.423. The molecule has 1 aliphatic rings.